The Bertz CT molecular complexity index is 772. The van der Waals surface area contributed by atoms with Crippen LogP contribution in [0.1, 0.15) is 42.7 Å². The number of piperidine rings is 1. The summed E-state index contributed by atoms with van der Waals surface area (Å²) < 4.78 is 15.2. The van der Waals surface area contributed by atoms with Crippen LogP contribution >= 0.6 is 12.2 Å². The van der Waals surface area contributed by atoms with Crippen LogP contribution in [0.5, 0.6) is 0 Å². The first kappa shape index (κ1) is 19.5. The SMILES string of the molecule is FC1(CNC2CC2c2ccccc2)CCN(C(=S)CCc2ccccc2)CC1. The first-order chi connectivity index (χ1) is 13.6. The van der Waals surface area contributed by atoms with Crippen molar-refractivity contribution in [3.8, 4) is 0 Å². The van der Waals surface area contributed by atoms with Crippen LogP contribution in [0.4, 0.5) is 4.39 Å². The van der Waals surface area contributed by atoms with Crippen molar-refractivity contribution >= 4 is 17.2 Å². The van der Waals surface area contributed by atoms with Crippen LogP contribution in [0.25, 0.3) is 0 Å². The van der Waals surface area contributed by atoms with Gasteiger partial charge in [-0.05, 0) is 24.0 Å². The minimum atomic E-state index is -1.10. The molecule has 0 spiro atoms. The lowest BCUT2D eigenvalue weighted by molar-refractivity contribution is 0.0833. The van der Waals surface area contributed by atoms with E-state index in [1.54, 1.807) is 0 Å². The number of alkyl halides is 1. The zero-order valence-corrected chi connectivity index (χ0v) is 17.1. The van der Waals surface area contributed by atoms with E-state index in [4.69, 9.17) is 12.2 Å². The fraction of sp³-hybridized carbons (Fsp3) is 0.458. The molecule has 2 nitrogen and oxygen atoms in total. The van der Waals surface area contributed by atoms with Crippen molar-refractivity contribution in [3.63, 3.8) is 0 Å². The van der Waals surface area contributed by atoms with E-state index in [1.807, 2.05) is 12.1 Å². The minimum Gasteiger partial charge on any atom is -0.366 e. The molecule has 4 rings (SSSR count). The van der Waals surface area contributed by atoms with E-state index >= 15 is 4.39 Å². The third kappa shape index (κ3) is 4.98. The fourth-order valence-electron chi connectivity index (χ4n) is 4.19. The maximum atomic E-state index is 15.2. The van der Waals surface area contributed by atoms with E-state index in [1.165, 1.54) is 11.1 Å². The van der Waals surface area contributed by atoms with Crippen LogP contribution < -0.4 is 5.32 Å². The molecule has 1 heterocycles. The van der Waals surface area contributed by atoms with Gasteiger partial charge in [0.1, 0.15) is 5.67 Å². The summed E-state index contributed by atoms with van der Waals surface area (Å²) in [6.45, 7) is 1.93. The molecule has 4 heteroatoms. The van der Waals surface area contributed by atoms with Crippen LogP contribution in [0.2, 0.25) is 0 Å². The Labute approximate surface area is 173 Å². The van der Waals surface area contributed by atoms with Gasteiger partial charge in [-0.15, -0.1) is 0 Å². The molecule has 1 aliphatic carbocycles. The van der Waals surface area contributed by atoms with Crippen LogP contribution in [-0.4, -0.2) is 41.2 Å². The van der Waals surface area contributed by atoms with Gasteiger partial charge in [-0.25, -0.2) is 4.39 Å². The molecule has 0 amide bonds. The maximum Gasteiger partial charge on any atom is 0.126 e. The van der Waals surface area contributed by atoms with E-state index in [0.29, 0.717) is 31.3 Å². The van der Waals surface area contributed by atoms with Crippen LogP contribution in [0.3, 0.4) is 0 Å². The highest BCUT2D eigenvalue weighted by atomic mass is 32.1. The lowest BCUT2D eigenvalue weighted by Gasteiger charge is -2.38. The molecular formula is C24H29FN2S. The van der Waals surface area contributed by atoms with Gasteiger partial charge in [-0.1, -0.05) is 72.9 Å². The molecule has 0 aromatic heterocycles. The van der Waals surface area contributed by atoms with E-state index < -0.39 is 5.67 Å². The molecule has 28 heavy (non-hydrogen) atoms. The molecule has 2 aromatic rings. The predicted octanol–water partition coefficient (Wildman–Crippen LogP) is 4.90. The Morgan fingerprint density at radius 2 is 1.68 bits per heavy atom. The summed E-state index contributed by atoms with van der Waals surface area (Å²) in [7, 11) is 0. The lowest BCUT2D eigenvalue weighted by Crippen LogP contribution is -2.49. The van der Waals surface area contributed by atoms with Gasteiger partial charge < -0.3 is 10.2 Å². The maximum absolute atomic E-state index is 15.2. The number of nitrogens with one attached hydrogen (secondary N) is 1. The molecule has 1 saturated heterocycles. The van der Waals surface area contributed by atoms with Gasteiger partial charge in [0.25, 0.3) is 0 Å². The normalized spacial score (nSPS) is 23.4. The summed E-state index contributed by atoms with van der Waals surface area (Å²) >= 11 is 5.62. The zero-order chi connectivity index (χ0) is 19.4. The molecule has 2 aliphatic rings. The number of thiocarbonyl (C=S) groups is 1. The number of hydrogen-bond donors (Lipinski definition) is 1. The first-order valence-electron chi connectivity index (χ1n) is 10.4. The van der Waals surface area contributed by atoms with Crippen molar-refractivity contribution in [3.05, 3.63) is 71.8 Å². The standard InChI is InChI=1S/C24H29FN2S/c25-24(18-26-22-17-21(22)20-9-5-2-6-10-20)13-15-27(16-14-24)23(28)12-11-19-7-3-1-4-8-19/h1-10,21-22,26H,11-18H2. The average molecular weight is 397 g/mol. The largest absolute Gasteiger partial charge is 0.366 e. The molecule has 2 aromatic carbocycles. The summed E-state index contributed by atoms with van der Waals surface area (Å²) in [5.74, 6) is 0.551. The number of hydrogen-bond acceptors (Lipinski definition) is 2. The smallest absolute Gasteiger partial charge is 0.126 e. The number of nitrogens with zero attached hydrogens (tertiary/aromatic N) is 1. The number of benzene rings is 2. The van der Waals surface area contributed by atoms with Crippen molar-refractivity contribution in [1.29, 1.82) is 0 Å². The van der Waals surface area contributed by atoms with E-state index in [9.17, 15) is 0 Å². The molecule has 148 valence electrons. The summed E-state index contributed by atoms with van der Waals surface area (Å²) in [6.07, 6.45) is 4.08. The summed E-state index contributed by atoms with van der Waals surface area (Å²) in [6, 6.07) is 21.4. The molecule has 0 radical (unpaired) electrons. The Morgan fingerprint density at radius 3 is 2.36 bits per heavy atom. The minimum absolute atomic E-state index is 0.431. The second-order valence-corrected chi connectivity index (χ2v) is 8.73. The molecule has 2 atom stereocenters. The van der Waals surface area contributed by atoms with E-state index in [0.717, 1.165) is 37.3 Å². The summed E-state index contributed by atoms with van der Waals surface area (Å²) in [5.41, 5.74) is 1.57. The summed E-state index contributed by atoms with van der Waals surface area (Å²) in [4.78, 5) is 3.19. The van der Waals surface area contributed by atoms with Gasteiger partial charge in [0.2, 0.25) is 0 Å². The molecule has 1 saturated carbocycles. The average Bonchev–Trinajstić information content (AvgIpc) is 3.53. The zero-order valence-electron chi connectivity index (χ0n) is 16.3. The van der Waals surface area contributed by atoms with Gasteiger partial charge in [-0.3, -0.25) is 0 Å². The van der Waals surface area contributed by atoms with Crippen molar-refractivity contribution < 1.29 is 4.39 Å². The van der Waals surface area contributed by atoms with Gasteiger partial charge >= 0.3 is 0 Å². The van der Waals surface area contributed by atoms with Gasteiger partial charge in [0, 0.05) is 50.9 Å². The highest BCUT2D eigenvalue weighted by Crippen LogP contribution is 2.41. The molecule has 1 aliphatic heterocycles. The van der Waals surface area contributed by atoms with Crippen molar-refractivity contribution in [1.82, 2.24) is 10.2 Å². The highest BCUT2D eigenvalue weighted by Gasteiger charge is 2.41. The Morgan fingerprint density at radius 1 is 1.04 bits per heavy atom. The van der Waals surface area contributed by atoms with E-state index in [-0.39, 0.29) is 0 Å². The Kier molecular flexibility index (Phi) is 6.07. The quantitative estimate of drug-likeness (QED) is 0.671. The number of rotatable bonds is 7. The molecule has 1 N–H and O–H groups in total. The van der Waals surface area contributed by atoms with Crippen molar-refractivity contribution in [2.45, 2.75) is 49.7 Å². The summed E-state index contributed by atoms with van der Waals surface area (Å²) in [5, 5.41) is 3.48. The third-order valence-corrected chi connectivity index (χ3v) is 6.64. The monoisotopic (exact) mass is 396 g/mol. The molecular weight excluding hydrogens is 367 g/mol. The Balaban J connectivity index is 1.18. The van der Waals surface area contributed by atoms with Crippen molar-refractivity contribution in [2.75, 3.05) is 19.6 Å². The molecule has 2 fully saturated rings. The van der Waals surface area contributed by atoms with Gasteiger partial charge in [0.05, 0.1) is 4.99 Å². The first-order valence-corrected chi connectivity index (χ1v) is 10.8. The second-order valence-electron chi connectivity index (χ2n) is 8.26. The van der Waals surface area contributed by atoms with Gasteiger partial charge in [-0.2, -0.15) is 0 Å². The van der Waals surface area contributed by atoms with Crippen LogP contribution in [0, 0.1) is 0 Å². The fourth-order valence-corrected chi connectivity index (χ4v) is 4.48. The van der Waals surface area contributed by atoms with Crippen LogP contribution in [-0.2, 0) is 6.42 Å². The van der Waals surface area contributed by atoms with E-state index in [2.05, 4.69) is 58.7 Å². The lowest BCUT2D eigenvalue weighted by atomic mass is 9.93. The number of likely N-dealkylation sites (tertiary alicyclic amines) is 1. The highest BCUT2D eigenvalue weighted by molar-refractivity contribution is 7.80. The number of halogens is 1. The topological polar surface area (TPSA) is 15.3 Å². The molecule has 2 unspecified atom stereocenters. The predicted molar refractivity (Wildman–Crippen MR) is 118 cm³/mol. The number of aryl methyl sites for hydroxylation is 1. The second kappa shape index (κ2) is 8.71. The van der Waals surface area contributed by atoms with Crippen LogP contribution in [0.15, 0.2) is 60.7 Å². The molecule has 0 bridgehead atoms. The van der Waals surface area contributed by atoms with Crippen molar-refractivity contribution in [2.24, 2.45) is 0 Å². The van der Waals surface area contributed by atoms with Gasteiger partial charge in [0.15, 0.2) is 0 Å². The Hall–Kier alpha value is -1.78. The third-order valence-electron chi connectivity index (χ3n) is 6.18.